The molecule has 250 valence electrons. The van der Waals surface area contributed by atoms with Crippen LogP contribution in [0, 0.1) is 0 Å². The Morgan fingerprint density at radius 2 is 1.83 bits per heavy atom. The van der Waals surface area contributed by atoms with E-state index in [1.54, 1.807) is 57.3 Å². The number of nitrogens with zero attached hydrogens (tertiary/aromatic N) is 6. The van der Waals surface area contributed by atoms with Crippen LogP contribution in [0.3, 0.4) is 0 Å². The van der Waals surface area contributed by atoms with Crippen molar-refractivity contribution in [1.82, 2.24) is 19.7 Å². The van der Waals surface area contributed by atoms with Crippen molar-refractivity contribution >= 4 is 52.1 Å². The highest BCUT2D eigenvalue weighted by Gasteiger charge is 2.68. The van der Waals surface area contributed by atoms with Gasteiger partial charge in [-0.15, -0.1) is 5.10 Å². The number of carboxylic acid groups (broad SMARTS) is 1. The molecule has 0 unspecified atom stereocenters. The summed E-state index contributed by atoms with van der Waals surface area (Å²) >= 11 is 0. The van der Waals surface area contributed by atoms with Gasteiger partial charge in [-0.1, -0.05) is 6.07 Å². The molecule has 48 heavy (non-hydrogen) atoms. The van der Waals surface area contributed by atoms with Crippen LogP contribution in [0.5, 0.6) is 11.6 Å². The van der Waals surface area contributed by atoms with Gasteiger partial charge in [0.25, 0.3) is 5.88 Å². The van der Waals surface area contributed by atoms with E-state index in [0.29, 0.717) is 78.1 Å². The number of imide groups is 1. The topological polar surface area (TPSA) is 170 Å². The molecule has 2 N–H and O–H groups in total. The van der Waals surface area contributed by atoms with E-state index in [1.165, 1.54) is 18.9 Å². The number of rotatable bonds is 6. The Morgan fingerprint density at radius 3 is 2.52 bits per heavy atom. The molecule has 7 rings (SSSR count). The largest absolute Gasteiger partial charge is 0.497 e. The maximum Gasteiger partial charge on any atom is 0.435 e. The van der Waals surface area contributed by atoms with Crippen LogP contribution in [0.25, 0.3) is 10.9 Å². The summed E-state index contributed by atoms with van der Waals surface area (Å²) in [6, 6.07) is 10.4. The van der Waals surface area contributed by atoms with Gasteiger partial charge in [-0.3, -0.25) is 4.79 Å². The smallest absolute Gasteiger partial charge is 0.435 e. The number of morpholine rings is 1. The first-order valence-corrected chi connectivity index (χ1v) is 15.5. The van der Waals surface area contributed by atoms with E-state index < -0.39 is 29.1 Å². The van der Waals surface area contributed by atoms with Crippen LogP contribution in [-0.4, -0.2) is 89.1 Å². The Labute approximate surface area is 275 Å². The van der Waals surface area contributed by atoms with Gasteiger partial charge in [0.05, 0.1) is 50.2 Å². The molecule has 1 saturated carbocycles. The molecule has 0 bridgehead atoms. The standard InChI is InChI=1S/C33H35N7O8/c1-32(2,3)48-31(44)40-24-14-18(22-16-33(22)21-15-19(45-4)7-9-23(21)39(29(33)41)30(42)43)6-8-20(24)26(37-40)36-27-28(46-5)35-25(17-34-27)38-10-12-47-13-11-38/h6-9,14-15,17,22H,10-13,16H2,1-5H3,(H,42,43)(H,34,36,37)/t22-,33-/m0/s1. The van der Waals surface area contributed by atoms with Gasteiger partial charge in [-0.2, -0.15) is 9.67 Å². The number of fused-ring (bicyclic) bond motifs is 3. The van der Waals surface area contributed by atoms with Crippen molar-refractivity contribution in [3.05, 3.63) is 53.7 Å². The molecule has 2 atom stereocenters. The Hall–Kier alpha value is -5.44. The second-order valence-corrected chi connectivity index (χ2v) is 12.9. The zero-order chi connectivity index (χ0) is 34.0. The molecule has 1 aliphatic carbocycles. The Bertz CT molecular complexity index is 1970. The third-order valence-corrected chi connectivity index (χ3v) is 8.83. The molecular formula is C33H35N7O8. The molecule has 15 heteroatoms. The maximum atomic E-state index is 13.7. The van der Waals surface area contributed by atoms with Crippen LogP contribution >= 0.6 is 0 Å². The van der Waals surface area contributed by atoms with Gasteiger partial charge in [0, 0.05) is 24.4 Å². The van der Waals surface area contributed by atoms with Crippen LogP contribution in [-0.2, 0) is 19.7 Å². The van der Waals surface area contributed by atoms with E-state index in [2.05, 4.69) is 25.3 Å². The fourth-order valence-electron chi connectivity index (χ4n) is 6.54. The highest BCUT2D eigenvalue weighted by atomic mass is 16.6. The predicted molar refractivity (Wildman–Crippen MR) is 174 cm³/mol. The molecule has 1 saturated heterocycles. The van der Waals surface area contributed by atoms with Gasteiger partial charge in [0.2, 0.25) is 5.91 Å². The van der Waals surface area contributed by atoms with Crippen molar-refractivity contribution in [1.29, 1.82) is 0 Å². The average Bonchev–Trinajstić information content (AvgIpc) is 3.65. The predicted octanol–water partition coefficient (Wildman–Crippen LogP) is 4.66. The summed E-state index contributed by atoms with van der Waals surface area (Å²) in [5.41, 5.74) is 0.184. The number of methoxy groups -OCH3 is 2. The number of amides is 2. The summed E-state index contributed by atoms with van der Waals surface area (Å²) < 4.78 is 23.3. The van der Waals surface area contributed by atoms with Crippen LogP contribution < -0.4 is 24.6 Å². The Kier molecular flexibility index (Phi) is 7.38. The average molecular weight is 658 g/mol. The first-order valence-electron chi connectivity index (χ1n) is 15.5. The van der Waals surface area contributed by atoms with Crippen LogP contribution in [0.15, 0.2) is 42.6 Å². The van der Waals surface area contributed by atoms with Crippen LogP contribution in [0.2, 0.25) is 0 Å². The van der Waals surface area contributed by atoms with Crippen molar-refractivity contribution in [2.24, 2.45) is 0 Å². The molecule has 3 aliphatic rings. The number of anilines is 4. The maximum absolute atomic E-state index is 13.7. The Morgan fingerprint density at radius 1 is 1.06 bits per heavy atom. The summed E-state index contributed by atoms with van der Waals surface area (Å²) in [4.78, 5) is 51.4. The normalized spacial score (nSPS) is 20.2. The highest BCUT2D eigenvalue weighted by molar-refractivity contribution is 6.22. The van der Waals surface area contributed by atoms with Gasteiger partial charge in [-0.05, 0) is 68.7 Å². The molecule has 2 fully saturated rings. The molecule has 2 aromatic carbocycles. The van der Waals surface area contributed by atoms with Crippen molar-refractivity contribution in [3.63, 3.8) is 0 Å². The SMILES string of the molecule is COc1ccc2c(c1)[C@]1(C[C@H]1c1ccc3c(Nc4ncc(N5CCOCC5)nc4OC)nn(C(=O)OC(C)(C)C)c3c1)C(=O)N2C(=O)O. The number of ether oxygens (including phenoxy) is 4. The van der Waals surface area contributed by atoms with Gasteiger partial charge < -0.3 is 34.3 Å². The van der Waals surface area contributed by atoms with E-state index in [1.807, 2.05) is 6.07 Å². The fraction of sp³-hybridized carbons (Fsp3) is 0.394. The molecule has 15 nitrogen and oxygen atoms in total. The van der Waals surface area contributed by atoms with E-state index in [9.17, 15) is 19.5 Å². The zero-order valence-electron chi connectivity index (χ0n) is 27.1. The summed E-state index contributed by atoms with van der Waals surface area (Å²) in [6.45, 7) is 7.83. The molecule has 2 aliphatic heterocycles. The number of hydrogen-bond donors (Lipinski definition) is 2. The summed E-state index contributed by atoms with van der Waals surface area (Å²) in [6.07, 6.45) is -0.0257. The number of carbonyl (C=O) groups excluding carboxylic acids is 2. The lowest BCUT2D eigenvalue weighted by atomic mass is 9.91. The Balaban J connectivity index is 1.28. The van der Waals surface area contributed by atoms with Crippen molar-refractivity contribution in [2.75, 3.05) is 55.6 Å². The third kappa shape index (κ3) is 5.10. The first-order chi connectivity index (χ1) is 22.9. The number of benzene rings is 2. The lowest BCUT2D eigenvalue weighted by molar-refractivity contribution is -0.119. The fourth-order valence-corrected chi connectivity index (χ4v) is 6.54. The van der Waals surface area contributed by atoms with E-state index >= 15 is 0 Å². The minimum atomic E-state index is -1.35. The zero-order valence-corrected chi connectivity index (χ0v) is 27.1. The molecule has 2 aromatic heterocycles. The van der Waals surface area contributed by atoms with Crippen molar-refractivity contribution in [3.8, 4) is 11.6 Å². The summed E-state index contributed by atoms with van der Waals surface area (Å²) in [5, 5.41) is 18.3. The quantitative estimate of drug-likeness (QED) is 0.294. The van der Waals surface area contributed by atoms with E-state index in [0.717, 1.165) is 10.5 Å². The van der Waals surface area contributed by atoms with Gasteiger partial charge >= 0.3 is 12.2 Å². The van der Waals surface area contributed by atoms with Crippen molar-refractivity contribution < 1.29 is 38.4 Å². The highest BCUT2D eigenvalue weighted by Crippen LogP contribution is 2.67. The second kappa shape index (κ2) is 11.4. The molecule has 4 aromatic rings. The number of aromatic nitrogens is 4. The molecule has 0 radical (unpaired) electrons. The molecular weight excluding hydrogens is 622 g/mol. The number of nitrogens with one attached hydrogen (secondary N) is 1. The third-order valence-electron chi connectivity index (χ3n) is 8.83. The van der Waals surface area contributed by atoms with Gasteiger partial charge in [-0.25, -0.2) is 19.5 Å². The lowest BCUT2D eigenvalue weighted by Gasteiger charge is -2.27. The lowest BCUT2D eigenvalue weighted by Crippen LogP contribution is -2.36. The van der Waals surface area contributed by atoms with Crippen LogP contribution in [0.1, 0.15) is 44.2 Å². The number of carbonyl (C=O) groups is 3. The molecule has 2 amide bonds. The molecule has 4 heterocycles. The van der Waals surface area contributed by atoms with Crippen molar-refractivity contribution in [2.45, 2.75) is 44.1 Å². The van der Waals surface area contributed by atoms with E-state index in [-0.39, 0.29) is 11.8 Å². The van der Waals surface area contributed by atoms with Gasteiger partial charge in [0.1, 0.15) is 11.4 Å². The number of hydrogen-bond acceptors (Lipinski definition) is 12. The minimum Gasteiger partial charge on any atom is -0.497 e. The minimum absolute atomic E-state index is 0.243. The van der Waals surface area contributed by atoms with Gasteiger partial charge in [0.15, 0.2) is 17.5 Å². The van der Waals surface area contributed by atoms with E-state index in [4.69, 9.17) is 18.9 Å². The summed E-state index contributed by atoms with van der Waals surface area (Å²) in [7, 11) is 3.01. The van der Waals surface area contributed by atoms with Crippen LogP contribution in [0.4, 0.5) is 32.7 Å². The first kappa shape index (κ1) is 31.2. The monoisotopic (exact) mass is 657 g/mol. The molecule has 1 spiro atoms. The summed E-state index contributed by atoms with van der Waals surface area (Å²) in [5.74, 6) is 1.14. The second-order valence-electron chi connectivity index (χ2n) is 12.9.